The minimum Gasteiger partial charge on any atom is -0.309 e. The van der Waals surface area contributed by atoms with E-state index in [0.29, 0.717) is 0 Å². The molecule has 0 saturated heterocycles. The fourth-order valence-electron chi connectivity index (χ4n) is 6.38. The molecule has 8 rings (SSSR count). The Labute approximate surface area is 244 Å². The SMILES string of the molecule is O=P(c1ccccc1)(c1ccccc1)c1cccc(-c2nc3c4ccccc4c4ccccc4c3c3ccccc23)c1. The first kappa shape index (κ1) is 24.7. The monoisotopic (exact) mass is 555 g/mol. The number of rotatable bonds is 4. The van der Waals surface area contributed by atoms with Crippen LogP contribution < -0.4 is 15.9 Å². The molecule has 0 unspecified atom stereocenters. The summed E-state index contributed by atoms with van der Waals surface area (Å²) in [5.74, 6) is 0. The topological polar surface area (TPSA) is 30.0 Å². The second kappa shape index (κ2) is 9.80. The summed E-state index contributed by atoms with van der Waals surface area (Å²) in [6.07, 6.45) is 0. The zero-order valence-corrected chi connectivity index (χ0v) is 23.7. The lowest BCUT2D eigenvalue weighted by molar-refractivity contribution is 0.592. The van der Waals surface area contributed by atoms with Crippen LogP contribution in [0.4, 0.5) is 0 Å². The van der Waals surface area contributed by atoms with Gasteiger partial charge in [0.05, 0.1) is 11.2 Å². The van der Waals surface area contributed by atoms with Crippen LogP contribution in [0.15, 0.2) is 158 Å². The van der Waals surface area contributed by atoms with Gasteiger partial charge in [-0.15, -0.1) is 0 Å². The third-order valence-electron chi connectivity index (χ3n) is 8.30. The first-order chi connectivity index (χ1) is 20.7. The molecule has 0 amide bonds. The van der Waals surface area contributed by atoms with Crippen molar-refractivity contribution in [2.45, 2.75) is 0 Å². The van der Waals surface area contributed by atoms with Gasteiger partial charge in [-0.25, -0.2) is 4.98 Å². The maximum Gasteiger partial charge on any atom is 0.171 e. The molecular formula is C39H26NOP. The van der Waals surface area contributed by atoms with Crippen LogP contribution in [0.2, 0.25) is 0 Å². The average molecular weight is 556 g/mol. The molecule has 3 heteroatoms. The molecular weight excluding hydrogens is 529 g/mol. The van der Waals surface area contributed by atoms with Crippen LogP contribution >= 0.6 is 7.14 Å². The van der Waals surface area contributed by atoms with Crippen LogP contribution in [0.25, 0.3) is 54.5 Å². The molecule has 0 bridgehead atoms. The zero-order valence-electron chi connectivity index (χ0n) is 22.8. The minimum absolute atomic E-state index is 0.798. The van der Waals surface area contributed by atoms with Gasteiger partial charge in [0.25, 0.3) is 0 Å². The minimum atomic E-state index is -3.13. The number of nitrogens with zero attached hydrogens (tertiary/aromatic N) is 1. The smallest absolute Gasteiger partial charge is 0.171 e. The van der Waals surface area contributed by atoms with Gasteiger partial charge >= 0.3 is 0 Å². The van der Waals surface area contributed by atoms with Gasteiger partial charge in [0.15, 0.2) is 7.14 Å². The Bertz CT molecular complexity index is 2280. The first-order valence-electron chi connectivity index (χ1n) is 14.2. The fraction of sp³-hybridized carbons (Fsp3) is 0. The Morgan fingerprint density at radius 3 is 1.48 bits per heavy atom. The van der Waals surface area contributed by atoms with Crippen molar-refractivity contribution >= 4 is 66.3 Å². The van der Waals surface area contributed by atoms with Crippen LogP contribution in [0.1, 0.15) is 0 Å². The molecule has 1 aromatic heterocycles. The number of benzene rings is 7. The highest BCUT2D eigenvalue weighted by Gasteiger charge is 2.30. The molecule has 0 aliphatic carbocycles. The number of pyridine rings is 1. The van der Waals surface area contributed by atoms with E-state index >= 15 is 4.57 Å². The van der Waals surface area contributed by atoms with Gasteiger partial charge in [-0.3, -0.25) is 0 Å². The highest BCUT2D eigenvalue weighted by Crippen LogP contribution is 2.44. The van der Waals surface area contributed by atoms with Gasteiger partial charge in [0.2, 0.25) is 0 Å². The molecule has 8 aromatic rings. The van der Waals surface area contributed by atoms with Crippen LogP contribution in [-0.2, 0) is 4.57 Å². The molecule has 0 spiro atoms. The third kappa shape index (κ3) is 3.73. The van der Waals surface area contributed by atoms with E-state index in [2.05, 4.69) is 84.9 Å². The highest BCUT2D eigenvalue weighted by atomic mass is 31.2. The van der Waals surface area contributed by atoms with E-state index in [0.717, 1.165) is 43.5 Å². The van der Waals surface area contributed by atoms with Gasteiger partial charge in [0, 0.05) is 37.6 Å². The van der Waals surface area contributed by atoms with Crippen molar-refractivity contribution < 1.29 is 4.57 Å². The van der Waals surface area contributed by atoms with Crippen LogP contribution in [0.5, 0.6) is 0 Å². The number of fused-ring (bicyclic) bond motifs is 8. The van der Waals surface area contributed by atoms with Crippen molar-refractivity contribution in [2.75, 3.05) is 0 Å². The maximum absolute atomic E-state index is 15.2. The predicted octanol–water partition coefficient (Wildman–Crippen LogP) is 9.00. The van der Waals surface area contributed by atoms with Crippen LogP contribution in [0, 0.1) is 0 Å². The lowest BCUT2D eigenvalue weighted by Crippen LogP contribution is -2.25. The predicted molar refractivity (Wildman–Crippen MR) is 179 cm³/mol. The Balaban J connectivity index is 1.46. The molecule has 0 radical (unpaired) electrons. The van der Waals surface area contributed by atoms with Gasteiger partial charge < -0.3 is 4.57 Å². The normalized spacial score (nSPS) is 11.9. The third-order valence-corrected chi connectivity index (χ3v) is 11.4. The lowest BCUT2D eigenvalue weighted by atomic mass is 9.92. The molecule has 7 aromatic carbocycles. The maximum atomic E-state index is 15.2. The summed E-state index contributed by atoms with van der Waals surface area (Å²) in [5.41, 5.74) is 2.83. The molecule has 1 heterocycles. The molecule has 2 nitrogen and oxygen atoms in total. The van der Waals surface area contributed by atoms with Gasteiger partial charge in [-0.05, 0) is 27.6 Å². The molecule has 0 aliphatic rings. The summed E-state index contributed by atoms with van der Waals surface area (Å²) in [5, 5.41) is 10.6. The second-order valence-corrected chi connectivity index (χ2v) is 13.4. The highest BCUT2D eigenvalue weighted by molar-refractivity contribution is 7.85. The van der Waals surface area contributed by atoms with E-state index in [9.17, 15) is 0 Å². The molecule has 0 fully saturated rings. The van der Waals surface area contributed by atoms with E-state index in [1.54, 1.807) is 0 Å². The first-order valence-corrected chi connectivity index (χ1v) is 15.9. The van der Waals surface area contributed by atoms with Gasteiger partial charge in [-0.1, -0.05) is 152 Å². The summed E-state index contributed by atoms with van der Waals surface area (Å²) in [7, 11) is -3.13. The Kier molecular flexibility index (Phi) is 5.77. The summed E-state index contributed by atoms with van der Waals surface area (Å²) in [4.78, 5) is 5.43. The lowest BCUT2D eigenvalue weighted by Gasteiger charge is -2.21. The van der Waals surface area contributed by atoms with E-state index in [4.69, 9.17) is 4.98 Å². The van der Waals surface area contributed by atoms with Crippen molar-refractivity contribution in [1.82, 2.24) is 4.98 Å². The van der Waals surface area contributed by atoms with Gasteiger partial charge in [0.1, 0.15) is 0 Å². The number of hydrogen-bond donors (Lipinski definition) is 0. The van der Waals surface area contributed by atoms with Crippen molar-refractivity contribution in [3.8, 4) is 11.3 Å². The van der Waals surface area contributed by atoms with Crippen molar-refractivity contribution in [3.05, 3.63) is 158 Å². The number of hydrogen-bond acceptors (Lipinski definition) is 2. The zero-order chi connectivity index (χ0) is 28.1. The molecule has 198 valence electrons. The Hall–Kier alpha value is -5.04. The van der Waals surface area contributed by atoms with Gasteiger partial charge in [-0.2, -0.15) is 0 Å². The van der Waals surface area contributed by atoms with E-state index in [1.807, 2.05) is 72.8 Å². The summed E-state index contributed by atoms with van der Waals surface area (Å²) >= 11 is 0. The van der Waals surface area contributed by atoms with Crippen molar-refractivity contribution in [3.63, 3.8) is 0 Å². The summed E-state index contributed by atoms with van der Waals surface area (Å²) < 4.78 is 15.2. The van der Waals surface area contributed by atoms with Crippen LogP contribution in [-0.4, -0.2) is 4.98 Å². The number of aromatic nitrogens is 1. The van der Waals surface area contributed by atoms with Crippen molar-refractivity contribution in [1.29, 1.82) is 0 Å². The molecule has 0 N–H and O–H groups in total. The van der Waals surface area contributed by atoms with E-state index in [-0.39, 0.29) is 0 Å². The molecule has 0 aliphatic heterocycles. The van der Waals surface area contributed by atoms with E-state index in [1.165, 1.54) is 26.9 Å². The Morgan fingerprint density at radius 2 is 0.857 bits per heavy atom. The van der Waals surface area contributed by atoms with Crippen LogP contribution in [0.3, 0.4) is 0 Å². The molecule has 0 atom stereocenters. The summed E-state index contributed by atoms with van der Waals surface area (Å²) in [6, 6.07) is 53.5. The molecule has 0 saturated carbocycles. The second-order valence-electron chi connectivity index (χ2n) is 10.7. The van der Waals surface area contributed by atoms with Crippen molar-refractivity contribution in [2.24, 2.45) is 0 Å². The van der Waals surface area contributed by atoms with E-state index < -0.39 is 7.14 Å². The standard InChI is InChI=1S/C39H26NOP/c41-42(28-15-3-1-4-16-28,29-17-5-2-6-18-29)30-19-13-14-27(26-30)38-36-25-12-10-23-34(36)37-33-22-9-7-20-31(33)32-21-8-11-24-35(32)39(37)40-38/h1-26H. The molecule has 42 heavy (non-hydrogen) atoms. The largest absolute Gasteiger partial charge is 0.309 e. The Morgan fingerprint density at radius 1 is 0.405 bits per heavy atom. The fourth-order valence-corrected chi connectivity index (χ4v) is 9.08. The average Bonchev–Trinajstić information content (AvgIpc) is 3.08. The summed E-state index contributed by atoms with van der Waals surface area (Å²) in [6.45, 7) is 0. The quantitative estimate of drug-likeness (QED) is 0.160.